The van der Waals surface area contributed by atoms with Crippen molar-refractivity contribution in [3.63, 3.8) is 0 Å². The first kappa shape index (κ1) is 28.5. The van der Waals surface area contributed by atoms with Crippen LogP contribution in [-0.2, 0) is 24.2 Å². The van der Waals surface area contributed by atoms with Gasteiger partial charge in [-0.15, -0.1) is 6.58 Å². The van der Waals surface area contributed by atoms with Crippen molar-refractivity contribution in [1.82, 2.24) is 19.6 Å². The molecule has 0 radical (unpaired) electrons. The van der Waals surface area contributed by atoms with E-state index in [9.17, 15) is 9.59 Å². The van der Waals surface area contributed by atoms with Gasteiger partial charge in [-0.05, 0) is 73.1 Å². The number of hydrogen-bond acceptors (Lipinski definition) is 4. The molecule has 1 unspecified atom stereocenters. The zero-order valence-electron chi connectivity index (χ0n) is 23.3. The summed E-state index contributed by atoms with van der Waals surface area (Å²) in [6.45, 7) is 6.74. The van der Waals surface area contributed by atoms with E-state index in [-0.39, 0.29) is 11.9 Å². The Morgan fingerprint density at radius 3 is 2.72 bits per heavy atom. The molecule has 6 heteroatoms. The van der Waals surface area contributed by atoms with Crippen LogP contribution in [0.2, 0.25) is 0 Å². The van der Waals surface area contributed by atoms with E-state index in [1.54, 1.807) is 10.9 Å². The van der Waals surface area contributed by atoms with Gasteiger partial charge in [0, 0.05) is 57.1 Å². The van der Waals surface area contributed by atoms with Crippen molar-refractivity contribution in [1.29, 1.82) is 0 Å². The summed E-state index contributed by atoms with van der Waals surface area (Å²) in [6, 6.07) is 16.8. The maximum atomic E-state index is 12.9. The Morgan fingerprint density at radius 2 is 1.92 bits per heavy atom. The Balaban J connectivity index is 1.15. The van der Waals surface area contributed by atoms with Crippen molar-refractivity contribution in [2.75, 3.05) is 20.1 Å². The van der Waals surface area contributed by atoms with Crippen molar-refractivity contribution in [2.45, 2.75) is 70.4 Å². The van der Waals surface area contributed by atoms with E-state index < -0.39 is 0 Å². The van der Waals surface area contributed by atoms with Crippen molar-refractivity contribution in [3.05, 3.63) is 95.8 Å². The molecule has 0 saturated carbocycles. The van der Waals surface area contributed by atoms with Gasteiger partial charge < -0.3 is 9.69 Å². The summed E-state index contributed by atoms with van der Waals surface area (Å²) in [6.07, 6.45) is 16.0. The lowest BCUT2D eigenvalue weighted by molar-refractivity contribution is -0.108. The summed E-state index contributed by atoms with van der Waals surface area (Å²) in [5.41, 5.74) is 5.89. The fourth-order valence-electron chi connectivity index (χ4n) is 5.49. The van der Waals surface area contributed by atoms with E-state index in [1.165, 1.54) is 36.0 Å². The molecule has 1 atom stereocenters. The van der Waals surface area contributed by atoms with E-state index in [1.807, 2.05) is 54.6 Å². The molecule has 0 N–H and O–H groups in total. The number of rotatable bonds is 15. The molecule has 0 saturated heterocycles. The van der Waals surface area contributed by atoms with Gasteiger partial charge in [0.05, 0.1) is 5.69 Å². The second-order valence-corrected chi connectivity index (χ2v) is 10.6. The summed E-state index contributed by atoms with van der Waals surface area (Å²) < 4.78 is 1.77. The van der Waals surface area contributed by atoms with Crippen LogP contribution in [-0.4, -0.2) is 58.0 Å². The summed E-state index contributed by atoms with van der Waals surface area (Å²) in [7, 11) is 1.89. The molecule has 0 fully saturated rings. The quantitative estimate of drug-likeness (QED) is 0.138. The molecular formula is C33H42N4O2. The van der Waals surface area contributed by atoms with Crippen LogP contribution >= 0.6 is 0 Å². The van der Waals surface area contributed by atoms with Gasteiger partial charge in [0.2, 0.25) is 0 Å². The molecule has 39 heavy (non-hydrogen) atoms. The molecule has 2 aromatic carbocycles. The number of amides is 1. The number of unbranched alkanes of at least 4 members (excludes halogenated alkanes) is 4. The fraction of sp³-hybridized carbons (Fsp3) is 0.424. The van der Waals surface area contributed by atoms with E-state index in [2.05, 4.69) is 34.8 Å². The minimum absolute atomic E-state index is 0.0538. The van der Waals surface area contributed by atoms with E-state index in [0.717, 1.165) is 63.7 Å². The SMILES string of the molecule is C=CC(CCC=O)N1CCc2ccc(CCCCCCCN(C)C(=O)c3cccc(-n4cccn4)c3)cc2C1. The molecule has 1 aliphatic rings. The molecule has 206 valence electrons. The molecule has 6 nitrogen and oxygen atoms in total. The third-order valence-corrected chi connectivity index (χ3v) is 7.80. The third-order valence-electron chi connectivity index (χ3n) is 7.80. The van der Waals surface area contributed by atoms with Crippen molar-refractivity contribution < 1.29 is 9.59 Å². The first-order chi connectivity index (χ1) is 19.1. The highest BCUT2D eigenvalue weighted by atomic mass is 16.2. The van der Waals surface area contributed by atoms with Gasteiger partial charge >= 0.3 is 0 Å². The van der Waals surface area contributed by atoms with E-state index in [0.29, 0.717) is 12.0 Å². The van der Waals surface area contributed by atoms with Gasteiger partial charge in [-0.2, -0.15) is 5.10 Å². The number of aromatic nitrogens is 2. The van der Waals surface area contributed by atoms with Crippen LogP contribution in [0.25, 0.3) is 5.69 Å². The van der Waals surface area contributed by atoms with E-state index in [4.69, 9.17) is 0 Å². The Morgan fingerprint density at radius 1 is 1.08 bits per heavy atom. The Bertz CT molecular complexity index is 1220. The maximum Gasteiger partial charge on any atom is 0.253 e. The van der Waals surface area contributed by atoms with Gasteiger partial charge in [-0.3, -0.25) is 9.69 Å². The van der Waals surface area contributed by atoms with Crippen LogP contribution in [0.15, 0.2) is 73.6 Å². The topological polar surface area (TPSA) is 58.4 Å². The lowest BCUT2D eigenvalue weighted by Crippen LogP contribution is -2.38. The summed E-state index contributed by atoms with van der Waals surface area (Å²) in [4.78, 5) is 28.0. The second kappa shape index (κ2) is 14.6. The number of fused-ring (bicyclic) bond motifs is 1. The first-order valence-electron chi connectivity index (χ1n) is 14.4. The highest BCUT2D eigenvalue weighted by Gasteiger charge is 2.21. The predicted octanol–water partition coefficient (Wildman–Crippen LogP) is 6.03. The minimum atomic E-state index is 0.0538. The van der Waals surface area contributed by atoms with Crippen LogP contribution in [0.1, 0.15) is 72.0 Å². The highest BCUT2D eigenvalue weighted by molar-refractivity contribution is 5.94. The summed E-state index contributed by atoms with van der Waals surface area (Å²) >= 11 is 0. The molecular weight excluding hydrogens is 484 g/mol. The van der Waals surface area contributed by atoms with Crippen molar-refractivity contribution in [2.24, 2.45) is 0 Å². The average molecular weight is 527 g/mol. The maximum absolute atomic E-state index is 12.9. The number of aryl methyl sites for hydroxylation is 1. The van der Waals surface area contributed by atoms with Crippen molar-refractivity contribution >= 4 is 12.2 Å². The normalized spacial score (nSPS) is 14.0. The van der Waals surface area contributed by atoms with Crippen LogP contribution in [0, 0.1) is 0 Å². The van der Waals surface area contributed by atoms with Gasteiger partial charge in [0.15, 0.2) is 0 Å². The third kappa shape index (κ3) is 7.99. The minimum Gasteiger partial charge on any atom is -0.342 e. The van der Waals surface area contributed by atoms with Crippen LogP contribution < -0.4 is 0 Å². The lowest BCUT2D eigenvalue weighted by atomic mass is 9.94. The predicted molar refractivity (Wildman–Crippen MR) is 157 cm³/mol. The molecule has 1 amide bonds. The average Bonchev–Trinajstić information content (AvgIpc) is 3.52. The number of nitrogens with zero attached hydrogens (tertiary/aromatic N) is 4. The molecule has 0 bridgehead atoms. The molecule has 1 aliphatic heterocycles. The van der Waals surface area contributed by atoms with Gasteiger partial charge in [-0.1, -0.05) is 49.6 Å². The Labute approximate surface area is 233 Å². The molecule has 2 heterocycles. The Kier molecular flexibility index (Phi) is 10.7. The summed E-state index contributed by atoms with van der Waals surface area (Å²) in [5, 5.41) is 4.25. The number of carbonyl (C=O) groups is 2. The van der Waals surface area contributed by atoms with Gasteiger partial charge in [0.25, 0.3) is 5.91 Å². The standard InChI is InChI=1S/C33H42N4O2/c1-3-31(15-10-23-38)36-22-18-28-17-16-27(24-30(28)26-36)12-7-5-4-6-8-20-35(2)33(39)29-13-9-14-32(25-29)37-21-11-19-34-37/h3,9,11,13-14,16-17,19,21,23-25,31H,1,4-8,10,12,15,18,20,22,26H2,2H3. The molecule has 4 rings (SSSR count). The van der Waals surface area contributed by atoms with Crippen LogP contribution in [0.4, 0.5) is 0 Å². The largest absolute Gasteiger partial charge is 0.342 e. The number of aldehydes is 1. The fourth-order valence-corrected chi connectivity index (χ4v) is 5.49. The van der Waals surface area contributed by atoms with Gasteiger partial charge in [0.1, 0.15) is 6.29 Å². The lowest BCUT2D eigenvalue weighted by Gasteiger charge is -2.34. The van der Waals surface area contributed by atoms with Crippen LogP contribution in [0.3, 0.4) is 0 Å². The Hall–Kier alpha value is -3.51. The number of carbonyl (C=O) groups excluding carboxylic acids is 2. The molecule has 1 aromatic heterocycles. The van der Waals surface area contributed by atoms with E-state index >= 15 is 0 Å². The zero-order valence-corrected chi connectivity index (χ0v) is 23.3. The number of benzene rings is 2. The summed E-state index contributed by atoms with van der Waals surface area (Å²) in [5.74, 6) is 0.0538. The molecule has 0 aliphatic carbocycles. The molecule has 0 spiro atoms. The molecule has 3 aromatic rings. The highest BCUT2D eigenvalue weighted by Crippen LogP contribution is 2.24. The smallest absolute Gasteiger partial charge is 0.253 e. The van der Waals surface area contributed by atoms with Gasteiger partial charge in [-0.25, -0.2) is 4.68 Å². The first-order valence-corrected chi connectivity index (χ1v) is 14.4. The zero-order chi connectivity index (χ0) is 27.5. The number of hydrogen-bond donors (Lipinski definition) is 0. The second-order valence-electron chi connectivity index (χ2n) is 10.6. The van der Waals surface area contributed by atoms with Crippen LogP contribution in [0.5, 0.6) is 0 Å². The monoisotopic (exact) mass is 526 g/mol. The van der Waals surface area contributed by atoms with Crippen molar-refractivity contribution in [3.8, 4) is 5.69 Å².